The predicted octanol–water partition coefficient (Wildman–Crippen LogP) is 1.43. The first-order valence-corrected chi connectivity index (χ1v) is 4.25. The molecule has 0 heterocycles. The van der Waals surface area contributed by atoms with Crippen LogP contribution in [0.5, 0.6) is 5.75 Å². The van der Waals surface area contributed by atoms with Gasteiger partial charge in [0, 0.05) is 6.04 Å². The molecule has 0 saturated heterocycles. The van der Waals surface area contributed by atoms with Gasteiger partial charge in [0.25, 0.3) is 0 Å². The van der Waals surface area contributed by atoms with Crippen molar-refractivity contribution in [3.8, 4) is 11.8 Å². The number of halogens is 1. The van der Waals surface area contributed by atoms with Crippen LogP contribution in [0.2, 0.25) is 0 Å². The molecule has 6 heteroatoms. The quantitative estimate of drug-likeness (QED) is 0.743. The summed E-state index contributed by atoms with van der Waals surface area (Å²) in [6, 6.07) is 5.40. The molecule has 0 unspecified atom stereocenters. The number of rotatable bonds is 3. The molecule has 0 radical (unpaired) electrons. The maximum absolute atomic E-state index is 10.7. The van der Waals surface area contributed by atoms with Crippen LogP contribution < -0.4 is 5.73 Å². The number of nitriles is 1. The van der Waals surface area contributed by atoms with Gasteiger partial charge in [-0.05, 0) is 17.7 Å². The molecule has 0 aliphatic carbocycles. The van der Waals surface area contributed by atoms with Crippen molar-refractivity contribution in [3.63, 3.8) is 0 Å². The summed E-state index contributed by atoms with van der Waals surface area (Å²) in [5.41, 5.74) is 5.94. The molecule has 0 fully saturated rings. The second kappa shape index (κ2) is 5.95. The first-order chi connectivity index (χ1) is 7.06. The number of aromatic hydroxyl groups is 1. The zero-order valence-corrected chi connectivity index (χ0v) is 9.07. The minimum atomic E-state index is -1.22. The highest BCUT2D eigenvalue weighted by Crippen LogP contribution is 2.22. The van der Waals surface area contributed by atoms with Crippen LogP contribution in [-0.2, 0) is 0 Å². The highest BCUT2D eigenvalue weighted by Gasteiger charge is 2.13. The lowest BCUT2D eigenvalue weighted by Gasteiger charge is -2.09. The van der Waals surface area contributed by atoms with Gasteiger partial charge in [0.1, 0.15) is 11.3 Å². The number of nitrogens with two attached hydrogens (primary N) is 1. The van der Waals surface area contributed by atoms with E-state index in [0.29, 0.717) is 5.56 Å². The van der Waals surface area contributed by atoms with Crippen LogP contribution in [0.15, 0.2) is 18.2 Å². The van der Waals surface area contributed by atoms with Crippen molar-refractivity contribution in [1.82, 2.24) is 0 Å². The van der Waals surface area contributed by atoms with E-state index in [1.165, 1.54) is 18.2 Å². The molecule has 1 atom stereocenters. The number of carboxylic acids is 1. The van der Waals surface area contributed by atoms with Gasteiger partial charge < -0.3 is 15.9 Å². The Morgan fingerprint density at radius 2 is 2.19 bits per heavy atom. The highest BCUT2D eigenvalue weighted by atomic mass is 35.5. The third-order valence-corrected chi connectivity index (χ3v) is 1.99. The van der Waals surface area contributed by atoms with E-state index in [0.717, 1.165) is 0 Å². The van der Waals surface area contributed by atoms with Crippen LogP contribution in [0.25, 0.3) is 0 Å². The van der Waals surface area contributed by atoms with Crippen molar-refractivity contribution in [2.24, 2.45) is 5.73 Å². The lowest BCUT2D eigenvalue weighted by atomic mass is 10.0. The molecule has 1 aromatic carbocycles. The van der Waals surface area contributed by atoms with E-state index in [1.807, 2.05) is 6.07 Å². The van der Waals surface area contributed by atoms with Gasteiger partial charge in [0.15, 0.2) is 0 Å². The zero-order chi connectivity index (χ0) is 11.4. The molecule has 0 aliphatic rings. The molecule has 1 aromatic rings. The summed E-state index contributed by atoms with van der Waals surface area (Å²) in [5.74, 6) is -1.53. The maximum Gasteiger partial charge on any atom is 0.339 e. The minimum absolute atomic E-state index is 0. The number of phenols is 1. The fraction of sp³-hybridized carbons (Fsp3) is 0.200. The molecule has 16 heavy (non-hydrogen) atoms. The molecule has 5 nitrogen and oxygen atoms in total. The van der Waals surface area contributed by atoms with Crippen LogP contribution in [0, 0.1) is 11.3 Å². The fourth-order valence-electron chi connectivity index (χ4n) is 1.17. The number of hydrogen-bond acceptors (Lipinski definition) is 4. The average molecular weight is 243 g/mol. The van der Waals surface area contributed by atoms with E-state index >= 15 is 0 Å². The van der Waals surface area contributed by atoms with Crippen molar-refractivity contribution in [1.29, 1.82) is 5.26 Å². The van der Waals surface area contributed by atoms with Crippen molar-refractivity contribution in [2.75, 3.05) is 0 Å². The fourth-order valence-corrected chi connectivity index (χ4v) is 1.17. The predicted molar refractivity (Wildman–Crippen MR) is 59.5 cm³/mol. The molecule has 0 saturated carbocycles. The number of benzene rings is 1. The minimum Gasteiger partial charge on any atom is -0.507 e. The van der Waals surface area contributed by atoms with E-state index in [2.05, 4.69) is 0 Å². The molecule has 0 aromatic heterocycles. The molecule has 4 N–H and O–H groups in total. The van der Waals surface area contributed by atoms with E-state index in [1.54, 1.807) is 0 Å². The Bertz CT molecular complexity index is 429. The third-order valence-electron chi connectivity index (χ3n) is 1.99. The molecular weight excluding hydrogens is 232 g/mol. The molecule has 0 aliphatic heterocycles. The summed E-state index contributed by atoms with van der Waals surface area (Å²) in [6.45, 7) is 0. The SMILES string of the molecule is Cl.N#CC[C@@H](N)c1ccc(O)c(C(=O)O)c1. The average Bonchev–Trinajstić information content (AvgIpc) is 2.18. The van der Waals surface area contributed by atoms with Crippen LogP contribution in [0.3, 0.4) is 0 Å². The van der Waals surface area contributed by atoms with Crippen molar-refractivity contribution in [3.05, 3.63) is 29.3 Å². The Hall–Kier alpha value is -1.77. The Balaban J connectivity index is 0.00000225. The topological polar surface area (TPSA) is 107 Å². The second-order valence-electron chi connectivity index (χ2n) is 3.05. The lowest BCUT2D eigenvalue weighted by molar-refractivity contribution is 0.0693. The summed E-state index contributed by atoms with van der Waals surface area (Å²) < 4.78 is 0. The summed E-state index contributed by atoms with van der Waals surface area (Å²) in [6.07, 6.45) is 0.101. The Labute approximate surface area is 98.5 Å². The van der Waals surface area contributed by atoms with E-state index < -0.39 is 12.0 Å². The third kappa shape index (κ3) is 3.12. The molecular formula is C10H11ClN2O3. The number of carbonyl (C=O) groups is 1. The Morgan fingerprint density at radius 3 is 2.69 bits per heavy atom. The van der Waals surface area contributed by atoms with Gasteiger partial charge >= 0.3 is 5.97 Å². The van der Waals surface area contributed by atoms with Gasteiger partial charge in [0.2, 0.25) is 0 Å². The first-order valence-electron chi connectivity index (χ1n) is 4.25. The maximum atomic E-state index is 10.7. The molecule has 0 amide bonds. The van der Waals surface area contributed by atoms with E-state index in [9.17, 15) is 9.90 Å². The van der Waals surface area contributed by atoms with Crippen molar-refractivity contribution >= 4 is 18.4 Å². The summed E-state index contributed by atoms with van der Waals surface area (Å²) >= 11 is 0. The lowest BCUT2D eigenvalue weighted by Crippen LogP contribution is -2.10. The molecule has 86 valence electrons. The normalized spacial score (nSPS) is 11.0. The van der Waals surface area contributed by atoms with Gasteiger partial charge in [-0.25, -0.2) is 4.79 Å². The number of nitrogens with zero attached hydrogens (tertiary/aromatic N) is 1. The van der Waals surface area contributed by atoms with Crippen molar-refractivity contribution < 1.29 is 15.0 Å². The van der Waals surface area contributed by atoms with Crippen LogP contribution in [0.4, 0.5) is 0 Å². The smallest absolute Gasteiger partial charge is 0.339 e. The standard InChI is InChI=1S/C10H10N2O3.ClH/c11-4-3-8(12)6-1-2-9(13)7(5-6)10(14)15;/h1-2,5,8,13H,3,12H2,(H,14,15);1H/t8-;/m1./s1. The Morgan fingerprint density at radius 1 is 1.56 bits per heavy atom. The molecule has 0 spiro atoms. The van der Waals surface area contributed by atoms with Gasteiger partial charge in [0.05, 0.1) is 12.5 Å². The van der Waals surface area contributed by atoms with E-state index in [-0.39, 0.29) is 30.1 Å². The largest absolute Gasteiger partial charge is 0.507 e. The highest BCUT2D eigenvalue weighted by molar-refractivity contribution is 5.90. The number of hydrogen-bond donors (Lipinski definition) is 3. The van der Waals surface area contributed by atoms with Gasteiger partial charge in [-0.2, -0.15) is 5.26 Å². The molecule has 1 rings (SSSR count). The molecule has 0 bridgehead atoms. The van der Waals surface area contributed by atoms with Crippen LogP contribution in [-0.4, -0.2) is 16.2 Å². The number of carboxylic acid groups (broad SMARTS) is 1. The van der Waals surface area contributed by atoms with E-state index in [4.69, 9.17) is 16.1 Å². The summed E-state index contributed by atoms with van der Waals surface area (Å²) in [7, 11) is 0. The van der Waals surface area contributed by atoms with Crippen LogP contribution in [0.1, 0.15) is 28.4 Å². The first kappa shape index (κ1) is 14.2. The van der Waals surface area contributed by atoms with Gasteiger partial charge in [-0.3, -0.25) is 0 Å². The Kier molecular flexibility index (Phi) is 5.30. The summed E-state index contributed by atoms with van der Waals surface area (Å²) in [5, 5.41) is 26.4. The van der Waals surface area contributed by atoms with Gasteiger partial charge in [-0.1, -0.05) is 6.07 Å². The summed E-state index contributed by atoms with van der Waals surface area (Å²) in [4.78, 5) is 10.7. The number of aromatic carboxylic acids is 1. The van der Waals surface area contributed by atoms with Crippen molar-refractivity contribution in [2.45, 2.75) is 12.5 Å². The second-order valence-corrected chi connectivity index (χ2v) is 3.05. The zero-order valence-electron chi connectivity index (χ0n) is 8.25. The van der Waals surface area contributed by atoms with Crippen LogP contribution >= 0.6 is 12.4 Å². The monoisotopic (exact) mass is 242 g/mol. The van der Waals surface area contributed by atoms with Gasteiger partial charge in [-0.15, -0.1) is 12.4 Å².